The van der Waals surface area contributed by atoms with Crippen molar-refractivity contribution in [2.24, 2.45) is 0 Å². The average molecular weight is 542 g/mol. The summed E-state index contributed by atoms with van der Waals surface area (Å²) in [5.74, 6) is -0.960. The number of anilines is 1. The Labute approximate surface area is 225 Å². The van der Waals surface area contributed by atoms with Gasteiger partial charge in [-0.1, -0.05) is 24.2 Å². The zero-order chi connectivity index (χ0) is 26.6. The summed E-state index contributed by atoms with van der Waals surface area (Å²) in [5, 5.41) is 10.5. The van der Waals surface area contributed by atoms with Gasteiger partial charge in [0, 0.05) is 45.3 Å². The van der Waals surface area contributed by atoms with E-state index in [1.807, 2.05) is 0 Å². The zero-order valence-corrected chi connectivity index (χ0v) is 21.7. The van der Waals surface area contributed by atoms with Gasteiger partial charge in [0.1, 0.15) is 40.3 Å². The number of benzene rings is 1. The molecule has 2 aromatic rings. The first-order chi connectivity index (χ1) is 18.4. The van der Waals surface area contributed by atoms with Gasteiger partial charge in [-0.15, -0.1) is 0 Å². The second kappa shape index (κ2) is 9.74. The van der Waals surface area contributed by atoms with E-state index in [9.17, 15) is 14.7 Å². The van der Waals surface area contributed by atoms with Crippen LogP contribution in [0.2, 0.25) is 5.02 Å². The number of carbonyl (C=O) groups excluding carboxylic acids is 2. The first kappa shape index (κ1) is 24.9. The molecule has 11 heteroatoms. The van der Waals surface area contributed by atoms with Crippen molar-refractivity contribution < 1.29 is 23.8 Å². The molecule has 1 aromatic heterocycles. The van der Waals surface area contributed by atoms with Crippen molar-refractivity contribution in [3.8, 4) is 22.8 Å². The number of amides is 2. The molecule has 0 aliphatic carbocycles. The van der Waals surface area contributed by atoms with E-state index in [2.05, 4.69) is 16.4 Å². The Morgan fingerprint density at radius 2 is 2.00 bits per heavy atom. The van der Waals surface area contributed by atoms with E-state index < -0.39 is 11.9 Å². The number of nitrogens with zero attached hydrogens (tertiary/aromatic N) is 5. The third kappa shape index (κ3) is 4.06. The maximum atomic E-state index is 15.0. The topological polar surface area (TPSA) is 89.5 Å². The minimum absolute atomic E-state index is 0.0287. The fourth-order valence-electron chi connectivity index (χ4n) is 6.10. The van der Waals surface area contributed by atoms with Crippen molar-refractivity contribution >= 4 is 29.2 Å². The summed E-state index contributed by atoms with van der Waals surface area (Å²) in [7, 11) is 0. The van der Waals surface area contributed by atoms with Gasteiger partial charge in [0.25, 0.3) is 5.91 Å². The Morgan fingerprint density at radius 3 is 2.79 bits per heavy atom. The second-order valence-corrected chi connectivity index (χ2v) is 10.5. The summed E-state index contributed by atoms with van der Waals surface area (Å²) < 4.78 is 21.2. The molecule has 9 nitrogen and oxygen atoms in total. The van der Waals surface area contributed by atoms with Gasteiger partial charge >= 0.3 is 0 Å². The number of fused-ring (bicyclic) bond motifs is 3. The van der Waals surface area contributed by atoms with Gasteiger partial charge in [0.05, 0.1) is 11.6 Å². The number of phenols is 1. The normalized spacial score (nSPS) is 23.3. The average Bonchev–Trinajstić information content (AvgIpc) is 3.34. The molecule has 0 spiro atoms. The Balaban J connectivity index is 1.48. The van der Waals surface area contributed by atoms with Crippen LogP contribution in [0.5, 0.6) is 11.5 Å². The smallest absolute Gasteiger partial charge is 0.261 e. The van der Waals surface area contributed by atoms with Crippen molar-refractivity contribution in [1.82, 2.24) is 19.7 Å². The maximum Gasteiger partial charge on any atom is 0.261 e. The maximum absolute atomic E-state index is 15.0. The van der Waals surface area contributed by atoms with Crippen LogP contribution in [-0.2, 0) is 4.79 Å². The summed E-state index contributed by atoms with van der Waals surface area (Å²) in [6.45, 7) is 7.85. The number of halogens is 2. The van der Waals surface area contributed by atoms with Crippen LogP contribution in [0.15, 0.2) is 30.9 Å². The van der Waals surface area contributed by atoms with Crippen LogP contribution >= 0.6 is 11.6 Å². The van der Waals surface area contributed by atoms with E-state index in [0.717, 1.165) is 25.9 Å². The fourth-order valence-corrected chi connectivity index (χ4v) is 6.39. The van der Waals surface area contributed by atoms with Gasteiger partial charge in [-0.3, -0.25) is 14.5 Å². The number of pyridine rings is 1. The van der Waals surface area contributed by atoms with Gasteiger partial charge in [-0.25, -0.2) is 9.37 Å². The van der Waals surface area contributed by atoms with Crippen LogP contribution in [0.1, 0.15) is 23.2 Å². The lowest BCUT2D eigenvalue weighted by Gasteiger charge is -2.40. The molecular weight excluding hydrogens is 513 g/mol. The van der Waals surface area contributed by atoms with Crippen LogP contribution in [0.25, 0.3) is 11.3 Å². The van der Waals surface area contributed by atoms with Crippen molar-refractivity contribution in [2.75, 3.05) is 57.3 Å². The molecule has 1 aromatic carbocycles. The van der Waals surface area contributed by atoms with Crippen molar-refractivity contribution in [3.63, 3.8) is 0 Å². The van der Waals surface area contributed by atoms with Crippen LogP contribution in [-0.4, -0.2) is 101 Å². The van der Waals surface area contributed by atoms with E-state index in [1.54, 1.807) is 9.80 Å². The number of carbonyl (C=O) groups is 2. The molecule has 38 heavy (non-hydrogen) atoms. The SMILES string of the molecule is C=CC(=O)N1CCN2C(=O)c3c(N4CCN5CCC[C@H]5C4)nc(-c4c(O)cccc4F)c(Cl)c3OC[C@H]2C1. The molecule has 0 saturated carbocycles. The second-order valence-electron chi connectivity index (χ2n) is 10.2. The van der Waals surface area contributed by atoms with E-state index in [4.69, 9.17) is 21.3 Å². The lowest BCUT2D eigenvalue weighted by Crippen LogP contribution is -2.57. The monoisotopic (exact) mass is 541 g/mol. The summed E-state index contributed by atoms with van der Waals surface area (Å²) in [4.78, 5) is 39.0. The number of piperazine rings is 2. The zero-order valence-electron chi connectivity index (χ0n) is 20.9. The largest absolute Gasteiger partial charge is 0.507 e. The quantitative estimate of drug-likeness (QED) is 0.598. The van der Waals surface area contributed by atoms with Crippen LogP contribution in [0.4, 0.5) is 10.2 Å². The van der Waals surface area contributed by atoms with Crippen LogP contribution in [0, 0.1) is 5.82 Å². The van der Waals surface area contributed by atoms with Gasteiger partial charge < -0.3 is 24.5 Å². The number of ether oxygens (including phenoxy) is 1. The molecule has 3 saturated heterocycles. The number of rotatable bonds is 3. The highest BCUT2D eigenvalue weighted by molar-refractivity contribution is 6.35. The predicted octanol–water partition coefficient (Wildman–Crippen LogP) is 2.76. The number of aromatic hydroxyl groups is 1. The van der Waals surface area contributed by atoms with Gasteiger partial charge in [-0.2, -0.15) is 0 Å². The lowest BCUT2D eigenvalue weighted by molar-refractivity contribution is -0.128. The molecule has 1 N–H and O–H groups in total. The molecule has 200 valence electrons. The Bertz CT molecular complexity index is 1300. The minimum Gasteiger partial charge on any atom is -0.507 e. The van der Waals surface area contributed by atoms with E-state index >= 15 is 4.39 Å². The number of hydrogen-bond acceptors (Lipinski definition) is 7. The summed E-state index contributed by atoms with van der Waals surface area (Å²) in [6.07, 6.45) is 3.44. The molecule has 0 bridgehead atoms. The molecule has 4 aliphatic rings. The number of hydrogen-bond donors (Lipinski definition) is 1. The lowest BCUT2D eigenvalue weighted by atomic mass is 10.0. The van der Waals surface area contributed by atoms with Gasteiger partial charge in [0.15, 0.2) is 5.75 Å². The van der Waals surface area contributed by atoms with Gasteiger partial charge in [0.2, 0.25) is 5.91 Å². The molecule has 0 radical (unpaired) electrons. The number of aromatic nitrogens is 1. The Hall–Kier alpha value is -3.37. The molecule has 0 unspecified atom stereocenters. The third-order valence-corrected chi connectivity index (χ3v) is 8.41. The first-order valence-corrected chi connectivity index (χ1v) is 13.3. The highest BCUT2D eigenvalue weighted by Gasteiger charge is 2.42. The molecule has 4 aliphatic heterocycles. The first-order valence-electron chi connectivity index (χ1n) is 12.9. The Kier molecular flexibility index (Phi) is 6.39. The van der Waals surface area contributed by atoms with E-state index in [0.29, 0.717) is 44.6 Å². The molecule has 3 fully saturated rings. The van der Waals surface area contributed by atoms with Gasteiger partial charge in [-0.05, 0) is 37.6 Å². The summed E-state index contributed by atoms with van der Waals surface area (Å²) in [6, 6.07) is 3.95. The molecule has 2 atom stereocenters. The summed E-state index contributed by atoms with van der Waals surface area (Å²) >= 11 is 6.80. The molecule has 5 heterocycles. The van der Waals surface area contributed by atoms with Crippen molar-refractivity contribution in [1.29, 1.82) is 0 Å². The van der Waals surface area contributed by atoms with E-state index in [-0.39, 0.29) is 51.8 Å². The minimum atomic E-state index is -0.679. The highest BCUT2D eigenvalue weighted by Crippen LogP contribution is 2.46. The summed E-state index contributed by atoms with van der Waals surface area (Å²) in [5.41, 5.74) is 0.134. The van der Waals surface area contributed by atoms with Crippen LogP contribution < -0.4 is 9.64 Å². The van der Waals surface area contributed by atoms with Crippen molar-refractivity contribution in [3.05, 3.63) is 47.3 Å². The standard InChI is InChI=1S/C27H29ClFN5O4/c1-2-20(36)32-11-12-34-17(14-32)15-38-25-22(27(34)37)26(33-10-9-31-8-4-5-16(31)13-33)30-24(23(25)28)21-18(29)6-3-7-19(21)35/h2-3,6-7,16-17,35H,1,4-5,8-15H2/t16-,17+/m0/s1. The Morgan fingerprint density at radius 1 is 1.16 bits per heavy atom. The van der Waals surface area contributed by atoms with E-state index in [1.165, 1.54) is 24.3 Å². The van der Waals surface area contributed by atoms with Crippen LogP contribution in [0.3, 0.4) is 0 Å². The molecular formula is C27H29ClFN5O4. The van der Waals surface area contributed by atoms with Crippen molar-refractivity contribution in [2.45, 2.75) is 24.9 Å². The fraction of sp³-hybridized carbons (Fsp3) is 0.444. The highest BCUT2D eigenvalue weighted by atomic mass is 35.5. The molecule has 6 rings (SSSR count). The number of phenolic OH excluding ortho intramolecular Hbond substituents is 1. The third-order valence-electron chi connectivity index (χ3n) is 8.05. The molecule has 2 amide bonds. The predicted molar refractivity (Wildman–Crippen MR) is 140 cm³/mol.